The molecule has 4 heteroatoms. The molecule has 0 bridgehead atoms. The maximum Gasteiger partial charge on any atom is 0.223 e. The van der Waals surface area contributed by atoms with Crippen molar-refractivity contribution in [3.63, 3.8) is 0 Å². The van der Waals surface area contributed by atoms with E-state index in [1.165, 1.54) is 0 Å². The van der Waals surface area contributed by atoms with Gasteiger partial charge in [-0.15, -0.1) is 0 Å². The molecule has 2 aliphatic rings. The summed E-state index contributed by atoms with van der Waals surface area (Å²) in [6.07, 6.45) is 6.33. The normalized spacial score (nSPS) is 36.6. The average Bonchev–Trinajstić information content (AvgIpc) is 2.84. The smallest absolute Gasteiger partial charge is 0.223 e. The molecule has 0 spiro atoms. The van der Waals surface area contributed by atoms with Gasteiger partial charge in [-0.2, -0.15) is 0 Å². The molecule has 1 aliphatic heterocycles. The van der Waals surface area contributed by atoms with Crippen LogP contribution in [-0.2, 0) is 9.53 Å². The summed E-state index contributed by atoms with van der Waals surface area (Å²) in [4.78, 5) is 12.1. The minimum absolute atomic E-state index is 0.187. The monoisotopic (exact) mass is 254 g/mol. The minimum atomic E-state index is 0.187. The van der Waals surface area contributed by atoms with E-state index in [0.29, 0.717) is 18.1 Å². The summed E-state index contributed by atoms with van der Waals surface area (Å²) < 4.78 is 5.64. The van der Waals surface area contributed by atoms with Crippen LogP contribution in [-0.4, -0.2) is 31.2 Å². The van der Waals surface area contributed by atoms with Crippen LogP contribution in [0, 0.1) is 11.8 Å². The summed E-state index contributed by atoms with van der Waals surface area (Å²) in [7, 11) is 0. The highest BCUT2D eigenvalue weighted by atomic mass is 16.5. The molecule has 1 aliphatic carbocycles. The van der Waals surface area contributed by atoms with Crippen LogP contribution >= 0.6 is 0 Å². The molecule has 0 aromatic heterocycles. The third-order valence-electron chi connectivity index (χ3n) is 4.43. The van der Waals surface area contributed by atoms with Crippen LogP contribution in [0.4, 0.5) is 0 Å². The minimum Gasteiger partial charge on any atom is -0.378 e. The second kappa shape index (κ2) is 6.53. The Hall–Kier alpha value is -0.610. The number of ether oxygens (including phenoxy) is 1. The van der Waals surface area contributed by atoms with Gasteiger partial charge in [-0.25, -0.2) is 0 Å². The van der Waals surface area contributed by atoms with Crippen molar-refractivity contribution in [1.82, 2.24) is 5.32 Å². The number of rotatable bonds is 4. The molecule has 104 valence electrons. The first-order chi connectivity index (χ1) is 8.70. The Morgan fingerprint density at radius 2 is 2.00 bits per heavy atom. The third kappa shape index (κ3) is 3.45. The molecule has 2 unspecified atom stereocenters. The van der Waals surface area contributed by atoms with E-state index in [-0.39, 0.29) is 11.8 Å². The summed E-state index contributed by atoms with van der Waals surface area (Å²) in [6.45, 7) is 3.77. The van der Waals surface area contributed by atoms with E-state index in [2.05, 4.69) is 12.2 Å². The average molecular weight is 254 g/mol. The van der Waals surface area contributed by atoms with Crippen molar-refractivity contribution in [3.8, 4) is 0 Å². The van der Waals surface area contributed by atoms with E-state index >= 15 is 0 Å². The fraction of sp³-hybridized carbons (Fsp3) is 0.929. The van der Waals surface area contributed by atoms with E-state index < -0.39 is 0 Å². The number of carbonyl (C=O) groups excluding carboxylic acids is 1. The predicted octanol–water partition coefficient (Wildman–Crippen LogP) is 1.44. The largest absolute Gasteiger partial charge is 0.378 e. The van der Waals surface area contributed by atoms with Crippen LogP contribution in [0.5, 0.6) is 0 Å². The molecule has 3 N–H and O–H groups in total. The van der Waals surface area contributed by atoms with Crippen LogP contribution in [0.3, 0.4) is 0 Å². The lowest BCUT2D eigenvalue weighted by Crippen LogP contribution is -2.39. The summed E-state index contributed by atoms with van der Waals surface area (Å²) >= 11 is 0. The molecular formula is C14H26N2O2. The third-order valence-corrected chi connectivity index (χ3v) is 4.43. The fourth-order valence-electron chi connectivity index (χ4n) is 3.13. The lowest BCUT2D eigenvalue weighted by Gasteiger charge is -2.26. The first-order valence-corrected chi connectivity index (χ1v) is 7.35. The van der Waals surface area contributed by atoms with Crippen molar-refractivity contribution >= 4 is 5.91 Å². The lowest BCUT2D eigenvalue weighted by atomic mass is 9.86. The van der Waals surface area contributed by atoms with Gasteiger partial charge in [-0.3, -0.25) is 4.79 Å². The molecule has 0 aromatic carbocycles. The second-order valence-corrected chi connectivity index (χ2v) is 5.72. The Morgan fingerprint density at radius 3 is 2.67 bits per heavy atom. The Bertz CT molecular complexity index is 275. The maximum absolute atomic E-state index is 12.1. The van der Waals surface area contributed by atoms with E-state index in [1.54, 1.807) is 0 Å². The number of hydrogen-bond acceptors (Lipinski definition) is 3. The zero-order chi connectivity index (χ0) is 13.0. The second-order valence-electron chi connectivity index (χ2n) is 5.72. The van der Waals surface area contributed by atoms with Crippen molar-refractivity contribution in [2.24, 2.45) is 17.6 Å². The number of hydrogen-bond donors (Lipinski definition) is 2. The predicted molar refractivity (Wildman–Crippen MR) is 71.1 cm³/mol. The van der Waals surface area contributed by atoms with Gasteiger partial charge in [0.15, 0.2) is 0 Å². The summed E-state index contributed by atoms with van der Waals surface area (Å²) in [6, 6.07) is 0.307. The Balaban J connectivity index is 1.71. The summed E-state index contributed by atoms with van der Waals surface area (Å²) in [5, 5.41) is 3.11. The van der Waals surface area contributed by atoms with E-state index in [1.807, 2.05) is 0 Å². The van der Waals surface area contributed by atoms with Crippen LogP contribution in [0.25, 0.3) is 0 Å². The van der Waals surface area contributed by atoms with Gasteiger partial charge in [0.05, 0.1) is 6.10 Å². The number of amides is 1. The van der Waals surface area contributed by atoms with Gasteiger partial charge < -0.3 is 15.8 Å². The molecule has 0 radical (unpaired) electrons. The molecule has 2 fully saturated rings. The Labute approximate surface area is 110 Å². The molecule has 1 amide bonds. The van der Waals surface area contributed by atoms with Crippen molar-refractivity contribution < 1.29 is 9.53 Å². The lowest BCUT2D eigenvalue weighted by molar-refractivity contribution is -0.126. The van der Waals surface area contributed by atoms with Gasteiger partial charge in [0.2, 0.25) is 5.91 Å². The molecular weight excluding hydrogens is 228 g/mol. The van der Waals surface area contributed by atoms with Crippen molar-refractivity contribution in [2.75, 3.05) is 13.2 Å². The quantitative estimate of drug-likeness (QED) is 0.798. The molecule has 1 saturated carbocycles. The molecule has 4 nitrogen and oxygen atoms in total. The molecule has 18 heavy (non-hydrogen) atoms. The Morgan fingerprint density at radius 1 is 1.28 bits per heavy atom. The first-order valence-electron chi connectivity index (χ1n) is 7.35. The van der Waals surface area contributed by atoms with Crippen molar-refractivity contribution in [3.05, 3.63) is 0 Å². The van der Waals surface area contributed by atoms with E-state index in [0.717, 1.165) is 51.7 Å². The van der Waals surface area contributed by atoms with Crippen LogP contribution in [0.1, 0.15) is 45.4 Å². The SMILES string of the molecule is CCC1OCCC1CNC(=O)C1CCC(N)CC1. The van der Waals surface area contributed by atoms with Crippen molar-refractivity contribution in [2.45, 2.75) is 57.6 Å². The molecule has 2 atom stereocenters. The molecule has 0 aromatic rings. The van der Waals surface area contributed by atoms with Gasteiger partial charge in [0.25, 0.3) is 0 Å². The number of nitrogens with one attached hydrogen (secondary N) is 1. The molecule has 1 saturated heterocycles. The highest BCUT2D eigenvalue weighted by Crippen LogP contribution is 2.25. The first kappa shape index (κ1) is 13.8. The van der Waals surface area contributed by atoms with Gasteiger partial charge >= 0.3 is 0 Å². The highest BCUT2D eigenvalue weighted by Gasteiger charge is 2.29. The van der Waals surface area contributed by atoms with E-state index in [4.69, 9.17) is 10.5 Å². The van der Waals surface area contributed by atoms with Crippen LogP contribution in [0.15, 0.2) is 0 Å². The Kier molecular flexibility index (Phi) is 5.01. The van der Waals surface area contributed by atoms with Gasteiger partial charge in [0, 0.05) is 31.0 Å². The maximum atomic E-state index is 12.1. The van der Waals surface area contributed by atoms with Crippen molar-refractivity contribution in [1.29, 1.82) is 0 Å². The van der Waals surface area contributed by atoms with Gasteiger partial charge in [0.1, 0.15) is 0 Å². The molecule has 2 rings (SSSR count). The summed E-state index contributed by atoms with van der Waals surface area (Å²) in [5.41, 5.74) is 5.86. The van der Waals surface area contributed by atoms with E-state index in [9.17, 15) is 4.79 Å². The fourth-order valence-corrected chi connectivity index (χ4v) is 3.13. The zero-order valence-corrected chi connectivity index (χ0v) is 11.4. The highest BCUT2D eigenvalue weighted by molar-refractivity contribution is 5.78. The van der Waals surface area contributed by atoms with Crippen LogP contribution in [0.2, 0.25) is 0 Å². The molecule has 1 heterocycles. The topological polar surface area (TPSA) is 64.3 Å². The summed E-state index contributed by atoms with van der Waals surface area (Å²) in [5.74, 6) is 0.917. The standard InChI is InChI=1S/C14H26N2O2/c1-2-13-11(7-8-18-13)9-16-14(17)10-3-5-12(15)6-4-10/h10-13H,2-9,15H2,1H3,(H,16,17). The van der Waals surface area contributed by atoms with Gasteiger partial charge in [-0.05, 0) is 38.5 Å². The number of carbonyl (C=O) groups is 1. The van der Waals surface area contributed by atoms with Gasteiger partial charge in [-0.1, -0.05) is 6.92 Å². The number of nitrogens with two attached hydrogens (primary N) is 1. The zero-order valence-electron chi connectivity index (χ0n) is 11.4. The van der Waals surface area contributed by atoms with Crippen LogP contribution < -0.4 is 11.1 Å².